The van der Waals surface area contributed by atoms with Gasteiger partial charge in [-0.2, -0.15) is 0 Å². The van der Waals surface area contributed by atoms with Crippen molar-refractivity contribution in [3.8, 4) is 0 Å². The minimum absolute atomic E-state index is 0.0428. The highest BCUT2D eigenvalue weighted by Gasteiger charge is 2.35. The van der Waals surface area contributed by atoms with Gasteiger partial charge in [0, 0.05) is 19.8 Å². The standard InChI is InChI=1S/C12H18N2O5/c1-7(2)6-9(13-8(3)15)12(18)19-14-10(16)4-5-11(14)17/h7,9H,4-6H2,1-3H3,(H,13,15). The van der Waals surface area contributed by atoms with Crippen molar-refractivity contribution in [2.75, 3.05) is 0 Å². The molecule has 1 aliphatic rings. The SMILES string of the molecule is CC(=O)NC(CC(C)C)C(=O)ON1C(=O)CCC1=O. The highest BCUT2D eigenvalue weighted by Crippen LogP contribution is 2.14. The Kier molecular flexibility index (Phi) is 5.02. The Morgan fingerprint density at radius 3 is 2.21 bits per heavy atom. The predicted octanol–water partition coefficient (Wildman–Crippen LogP) is 0.144. The molecule has 7 heteroatoms. The van der Waals surface area contributed by atoms with Crippen LogP contribution in [0.5, 0.6) is 0 Å². The Morgan fingerprint density at radius 1 is 1.26 bits per heavy atom. The van der Waals surface area contributed by atoms with Crippen molar-refractivity contribution < 1.29 is 24.0 Å². The number of hydroxylamine groups is 2. The number of amides is 3. The van der Waals surface area contributed by atoms with E-state index in [2.05, 4.69) is 5.32 Å². The highest BCUT2D eigenvalue weighted by molar-refractivity contribution is 6.01. The van der Waals surface area contributed by atoms with Gasteiger partial charge in [0.25, 0.3) is 11.8 Å². The van der Waals surface area contributed by atoms with E-state index in [4.69, 9.17) is 4.84 Å². The van der Waals surface area contributed by atoms with Crippen molar-refractivity contribution in [3.05, 3.63) is 0 Å². The fraction of sp³-hybridized carbons (Fsp3) is 0.667. The first-order valence-electron chi connectivity index (χ1n) is 6.16. The van der Waals surface area contributed by atoms with Gasteiger partial charge in [0.05, 0.1) is 0 Å². The maximum absolute atomic E-state index is 11.9. The summed E-state index contributed by atoms with van der Waals surface area (Å²) in [5, 5.41) is 2.94. The third-order valence-electron chi connectivity index (χ3n) is 2.56. The van der Waals surface area contributed by atoms with Gasteiger partial charge in [-0.25, -0.2) is 4.79 Å². The van der Waals surface area contributed by atoms with Crippen LogP contribution in [0.4, 0.5) is 0 Å². The summed E-state index contributed by atoms with van der Waals surface area (Å²) in [4.78, 5) is 50.4. The molecule has 0 aromatic carbocycles. The van der Waals surface area contributed by atoms with E-state index >= 15 is 0 Å². The third-order valence-corrected chi connectivity index (χ3v) is 2.56. The number of hydrogen-bond acceptors (Lipinski definition) is 5. The van der Waals surface area contributed by atoms with Crippen LogP contribution < -0.4 is 5.32 Å². The van der Waals surface area contributed by atoms with Gasteiger partial charge < -0.3 is 10.2 Å². The molecule has 0 radical (unpaired) electrons. The quantitative estimate of drug-likeness (QED) is 0.717. The van der Waals surface area contributed by atoms with Crippen molar-refractivity contribution >= 4 is 23.7 Å². The number of hydrogen-bond donors (Lipinski definition) is 1. The minimum Gasteiger partial charge on any atom is -0.343 e. The normalized spacial score (nSPS) is 16.7. The van der Waals surface area contributed by atoms with E-state index in [0.29, 0.717) is 11.5 Å². The summed E-state index contributed by atoms with van der Waals surface area (Å²) in [6.45, 7) is 5.05. The summed E-state index contributed by atoms with van der Waals surface area (Å²) in [6, 6.07) is -0.862. The number of nitrogens with one attached hydrogen (secondary N) is 1. The molecular formula is C12H18N2O5. The van der Waals surface area contributed by atoms with Gasteiger partial charge >= 0.3 is 5.97 Å². The van der Waals surface area contributed by atoms with E-state index in [9.17, 15) is 19.2 Å². The molecule has 106 valence electrons. The summed E-state index contributed by atoms with van der Waals surface area (Å²) in [5.74, 6) is -2.10. The van der Waals surface area contributed by atoms with E-state index < -0.39 is 23.8 Å². The Balaban J connectivity index is 2.68. The van der Waals surface area contributed by atoms with E-state index in [-0.39, 0.29) is 24.7 Å². The molecule has 1 heterocycles. The van der Waals surface area contributed by atoms with Crippen LogP contribution in [0.3, 0.4) is 0 Å². The zero-order valence-electron chi connectivity index (χ0n) is 11.3. The van der Waals surface area contributed by atoms with E-state index in [1.807, 2.05) is 13.8 Å². The molecule has 1 aliphatic heterocycles. The van der Waals surface area contributed by atoms with Crippen molar-refractivity contribution in [3.63, 3.8) is 0 Å². The van der Waals surface area contributed by atoms with Crippen LogP contribution >= 0.6 is 0 Å². The van der Waals surface area contributed by atoms with Gasteiger partial charge in [-0.15, -0.1) is 5.06 Å². The highest BCUT2D eigenvalue weighted by atomic mass is 16.7. The van der Waals surface area contributed by atoms with Crippen molar-refractivity contribution in [1.29, 1.82) is 0 Å². The maximum Gasteiger partial charge on any atom is 0.355 e. The van der Waals surface area contributed by atoms with Gasteiger partial charge in [-0.05, 0) is 12.3 Å². The van der Waals surface area contributed by atoms with Crippen LogP contribution in [0.1, 0.15) is 40.0 Å². The van der Waals surface area contributed by atoms with Crippen LogP contribution in [0.25, 0.3) is 0 Å². The Labute approximate surface area is 111 Å². The second-order valence-corrected chi connectivity index (χ2v) is 4.87. The maximum atomic E-state index is 11.9. The van der Waals surface area contributed by atoms with Gasteiger partial charge in [-0.3, -0.25) is 14.4 Å². The fourth-order valence-corrected chi connectivity index (χ4v) is 1.74. The number of carbonyl (C=O) groups excluding carboxylic acids is 4. The molecule has 1 fully saturated rings. The van der Waals surface area contributed by atoms with Crippen LogP contribution in [-0.2, 0) is 24.0 Å². The van der Waals surface area contributed by atoms with E-state index in [1.54, 1.807) is 0 Å². The average Bonchev–Trinajstić information content (AvgIpc) is 2.58. The lowest BCUT2D eigenvalue weighted by Gasteiger charge is -2.20. The summed E-state index contributed by atoms with van der Waals surface area (Å²) in [7, 11) is 0. The molecule has 0 aromatic heterocycles. The Bertz CT molecular complexity index is 389. The summed E-state index contributed by atoms with van der Waals surface area (Å²) in [5.41, 5.74) is 0. The molecule has 0 aromatic rings. The minimum atomic E-state index is -0.862. The lowest BCUT2D eigenvalue weighted by molar-refractivity contribution is -0.199. The molecule has 19 heavy (non-hydrogen) atoms. The third kappa shape index (κ3) is 4.35. The van der Waals surface area contributed by atoms with Crippen molar-refractivity contribution in [2.45, 2.75) is 46.1 Å². The second-order valence-electron chi connectivity index (χ2n) is 4.87. The molecule has 0 aliphatic carbocycles. The lowest BCUT2D eigenvalue weighted by Crippen LogP contribution is -2.45. The monoisotopic (exact) mass is 270 g/mol. The molecule has 3 amide bonds. The average molecular weight is 270 g/mol. The first-order chi connectivity index (χ1) is 8.81. The molecular weight excluding hydrogens is 252 g/mol. The first-order valence-corrected chi connectivity index (χ1v) is 6.16. The Hall–Kier alpha value is -1.92. The number of imide groups is 1. The van der Waals surface area contributed by atoms with Crippen molar-refractivity contribution in [1.82, 2.24) is 10.4 Å². The largest absolute Gasteiger partial charge is 0.355 e. The van der Waals surface area contributed by atoms with Crippen LogP contribution in [0.2, 0.25) is 0 Å². The number of carbonyl (C=O) groups is 4. The smallest absolute Gasteiger partial charge is 0.343 e. The molecule has 1 unspecified atom stereocenters. The lowest BCUT2D eigenvalue weighted by atomic mass is 10.0. The molecule has 7 nitrogen and oxygen atoms in total. The number of rotatable bonds is 5. The molecule has 1 N–H and O–H groups in total. The molecule has 0 saturated carbocycles. The fourth-order valence-electron chi connectivity index (χ4n) is 1.74. The summed E-state index contributed by atoms with van der Waals surface area (Å²) < 4.78 is 0. The van der Waals surface area contributed by atoms with Crippen LogP contribution in [-0.4, -0.2) is 34.8 Å². The molecule has 1 saturated heterocycles. The van der Waals surface area contributed by atoms with Gasteiger partial charge in [0.2, 0.25) is 5.91 Å². The van der Waals surface area contributed by atoms with Gasteiger partial charge in [0.1, 0.15) is 6.04 Å². The number of nitrogens with zero attached hydrogens (tertiary/aromatic N) is 1. The summed E-state index contributed by atoms with van der Waals surface area (Å²) >= 11 is 0. The summed E-state index contributed by atoms with van der Waals surface area (Å²) in [6.07, 6.45) is 0.455. The molecule has 0 spiro atoms. The topological polar surface area (TPSA) is 92.8 Å². The van der Waals surface area contributed by atoms with Gasteiger partial charge in [0.15, 0.2) is 0 Å². The van der Waals surface area contributed by atoms with Gasteiger partial charge in [-0.1, -0.05) is 13.8 Å². The molecule has 1 rings (SSSR count). The first kappa shape index (κ1) is 15.1. The Morgan fingerprint density at radius 2 is 1.79 bits per heavy atom. The van der Waals surface area contributed by atoms with E-state index in [0.717, 1.165) is 0 Å². The predicted molar refractivity (Wildman–Crippen MR) is 64.2 cm³/mol. The van der Waals surface area contributed by atoms with Crippen LogP contribution in [0.15, 0.2) is 0 Å². The second kappa shape index (κ2) is 6.31. The zero-order valence-corrected chi connectivity index (χ0v) is 11.3. The van der Waals surface area contributed by atoms with Crippen LogP contribution in [0, 0.1) is 5.92 Å². The molecule has 0 bridgehead atoms. The zero-order chi connectivity index (χ0) is 14.6. The van der Waals surface area contributed by atoms with E-state index in [1.165, 1.54) is 6.92 Å². The molecule has 1 atom stereocenters. The van der Waals surface area contributed by atoms with Crippen molar-refractivity contribution in [2.24, 2.45) is 5.92 Å².